The van der Waals surface area contributed by atoms with E-state index in [2.05, 4.69) is 34.7 Å². The van der Waals surface area contributed by atoms with E-state index in [9.17, 15) is 0 Å². The molecule has 3 heterocycles. The highest BCUT2D eigenvalue weighted by atomic mass is 16.5. The summed E-state index contributed by atoms with van der Waals surface area (Å²) in [7, 11) is 1.68. The Morgan fingerprint density at radius 1 is 0.857 bits per heavy atom. The minimum Gasteiger partial charge on any atom is -0.497 e. The zero-order valence-corrected chi connectivity index (χ0v) is 15.2. The first-order valence-corrected chi connectivity index (χ1v) is 9.19. The lowest BCUT2D eigenvalue weighted by Gasteiger charge is -2.09. The van der Waals surface area contributed by atoms with Crippen LogP contribution in [0.2, 0.25) is 0 Å². The summed E-state index contributed by atoms with van der Waals surface area (Å²) in [5, 5.41) is 2.13. The number of ether oxygens (including phenoxy) is 1. The van der Waals surface area contributed by atoms with Gasteiger partial charge in [0.2, 0.25) is 0 Å². The van der Waals surface area contributed by atoms with Crippen LogP contribution >= 0.6 is 0 Å². The van der Waals surface area contributed by atoms with E-state index >= 15 is 0 Å². The summed E-state index contributed by atoms with van der Waals surface area (Å²) < 4.78 is 13.7. The Balaban J connectivity index is 1.82. The van der Waals surface area contributed by atoms with Crippen LogP contribution < -0.4 is 4.74 Å². The van der Waals surface area contributed by atoms with Crippen LogP contribution in [-0.2, 0) is 0 Å². The molecule has 0 spiro atoms. The van der Waals surface area contributed by atoms with Gasteiger partial charge in [0, 0.05) is 11.5 Å². The van der Waals surface area contributed by atoms with Crippen molar-refractivity contribution in [3.63, 3.8) is 0 Å². The van der Waals surface area contributed by atoms with E-state index in [1.165, 1.54) is 0 Å². The van der Waals surface area contributed by atoms with Crippen molar-refractivity contribution in [2.45, 2.75) is 0 Å². The lowest BCUT2D eigenvalue weighted by atomic mass is 10.1. The van der Waals surface area contributed by atoms with Gasteiger partial charge in [0.25, 0.3) is 0 Å². The van der Waals surface area contributed by atoms with Gasteiger partial charge in [0.05, 0.1) is 29.2 Å². The van der Waals surface area contributed by atoms with Crippen LogP contribution in [0.3, 0.4) is 0 Å². The molecule has 0 saturated carbocycles. The van der Waals surface area contributed by atoms with Crippen LogP contribution in [0.4, 0.5) is 0 Å². The van der Waals surface area contributed by atoms with Crippen molar-refractivity contribution in [3.8, 4) is 17.0 Å². The number of para-hydroxylation sites is 3. The third-order valence-electron chi connectivity index (χ3n) is 5.30. The molecule has 6 rings (SSSR count). The lowest BCUT2D eigenvalue weighted by Crippen LogP contribution is -1.93. The number of fused-ring (bicyclic) bond motifs is 7. The van der Waals surface area contributed by atoms with Gasteiger partial charge in [0.1, 0.15) is 22.6 Å². The molecule has 0 atom stereocenters. The molecule has 0 fully saturated rings. The molecule has 0 unspecified atom stereocenters. The third kappa shape index (κ3) is 2.03. The molecule has 28 heavy (non-hydrogen) atoms. The molecule has 0 saturated heterocycles. The fraction of sp³-hybridized carbons (Fsp3) is 0.0417. The summed E-state index contributed by atoms with van der Waals surface area (Å²) >= 11 is 0. The summed E-state index contributed by atoms with van der Waals surface area (Å²) in [4.78, 5) is 4.96. The standard InChI is InChI=1S/C24H16N2O2/c1-27-16-12-10-15(11-13-16)20-14-22-23(17-6-2-5-9-21(17)28-22)24-25-18-7-3-4-8-19(18)26(20)24/h2-14H,1H3. The monoisotopic (exact) mass is 364 g/mol. The molecular weight excluding hydrogens is 348 g/mol. The molecule has 4 nitrogen and oxygen atoms in total. The highest BCUT2D eigenvalue weighted by molar-refractivity contribution is 6.14. The van der Waals surface area contributed by atoms with Gasteiger partial charge in [-0.25, -0.2) is 4.98 Å². The molecule has 0 bridgehead atoms. The Labute approximate surface area is 160 Å². The van der Waals surface area contributed by atoms with Crippen LogP contribution in [0.25, 0.3) is 49.9 Å². The average Bonchev–Trinajstić information content (AvgIpc) is 3.31. The van der Waals surface area contributed by atoms with Gasteiger partial charge >= 0.3 is 0 Å². The fourth-order valence-corrected chi connectivity index (χ4v) is 4.00. The Morgan fingerprint density at radius 2 is 1.64 bits per heavy atom. The second-order valence-corrected chi connectivity index (χ2v) is 6.86. The molecule has 0 N–H and O–H groups in total. The van der Waals surface area contributed by atoms with Gasteiger partial charge in [-0.1, -0.05) is 30.3 Å². The van der Waals surface area contributed by atoms with Crippen molar-refractivity contribution in [3.05, 3.63) is 78.9 Å². The van der Waals surface area contributed by atoms with Gasteiger partial charge in [-0.2, -0.15) is 0 Å². The number of methoxy groups -OCH3 is 1. The summed E-state index contributed by atoms with van der Waals surface area (Å²) in [5.74, 6) is 0.834. The van der Waals surface area contributed by atoms with Crippen LogP contribution in [0, 0.1) is 0 Å². The van der Waals surface area contributed by atoms with Gasteiger partial charge in [-0.3, -0.25) is 4.40 Å². The molecule has 0 aliphatic carbocycles. The van der Waals surface area contributed by atoms with Crippen LogP contribution in [0.1, 0.15) is 0 Å². The van der Waals surface area contributed by atoms with Crippen LogP contribution in [-0.4, -0.2) is 16.5 Å². The number of imidazole rings is 1. The van der Waals surface area contributed by atoms with Crippen molar-refractivity contribution in [1.82, 2.24) is 9.38 Å². The Hall–Kier alpha value is -3.79. The molecule has 0 amide bonds. The average molecular weight is 364 g/mol. The van der Waals surface area contributed by atoms with Crippen molar-refractivity contribution in [1.29, 1.82) is 0 Å². The highest BCUT2D eigenvalue weighted by Crippen LogP contribution is 2.37. The molecular formula is C24H16N2O2. The van der Waals surface area contributed by atoms with E-state index in [4.69, 9.17) is 14.1 Å². The van der Waals surface area contributed by atoms with Crippen molar-refractivity contribution < 1.29 is 9.15 Å². The molecule has 6 aromatic rings. The fourth-order valence-electron chi connectivity index (χ4n) is 4.00. The molecule has 0 radical (unpaired) electrons. The summed E-state index contributed by atoms with van der Waals surface area (Å²) in [6.07, 6.45) is 0. The number of rotatable bonds is 2. The normalized spacial score (nSPS) is 11.8. The van der Waals surface area contributed by atoms with Gasteiger partial charge in [-0.05, 0) is 48.0 Å². The van der Waals surface area contributed by atoms with Crippen molar-refractivity contribution >= 4 is 38.6 Å². The summed E-state index contributed by atoms with van der Waals surface area (Å²) in [5.41, 5.74) is 6.79. The number of pyridine rings is 1. The first-order valence-electron chi connectivity index (χ1n) is 9.19. The molecule has 3 aromatic heterocycles. The second-order valence-electron chi connectivity index (χ2n) is 6.86. The molecule has 4 heteroatoms. The highest BCUT2D eigenvalue weighted by Gasteiger charge is 2.18. The van der Waals surface area contributed by atoms with E-state index in [0.29, 0.717) is 0 Å². The van der Waals surface area contributed by atoms with Crippen LogP contribution in [0.15, 0.2) is 83.3 Å². The van der Waals surface area contributed by atoms with Gasteiger partial charge < -0.3 is 9.15 Å². The minimum absolute atomic E-state index is 0.834. The summed E-state index contributed by atoms with van der Waals surface area (Å²) in [6, 6.07) is 26.5. The Morgan fingerprint density at radius 3 is 2.50 bits per heavy atom. The number of nitrogens with zero attached hydrogens (tertiary/aromatic N) is 2. The van der Waals surface area contributed by atoms with Crippen molar-refractivity contribution in [2.75, 3.05) is 7.11 Å². The molecule has 134 valence electrons. The van der Waals surface area contributed by atoms with E-state index in [-0.39, 0.29) is 0 Å². The van der Waals surface area contributed by atoms with E-state index in [0.717, 1.165) is 55.6 Å². The number of furan rings is 1. The maximum absolute atomic E-state index is 6.19. The number of benzene rings is 3. The largest absolute Gasteiger partial charge is 0.497 e. The van der Waals surface area contributed by atoms with Crippen molar-refractivity contribution in [2.24, 2.45) is 0 Å². The molecule has 0 aliphatic rings. The van der Waals surface area contributed by atoms with Crippen LogP contribution in [0.5, 0.6) is 5.75 Å². The quantitative estimate of drug-likeness (QED) is 0.375. The Bertz CT molecular complexity index is 1490. The molecule has 3 aromatic carbocycles. The maximum atomic E-state index is 6.19. The third-order valence-corrected chi connectivity index (χ3v) is 5.30. The van der Waals surface area contributed by atoms with E-state index < -0.39 is 0 Å². The zero-order chi connectivity index (χ0) is 18.7. The number of hydrogen-bond acceptors (Lipinski definition) is 3. The maximum Gasteiger partial charge on any atom is 0.150 e. The summed E-state index contributed by atoms with van der Waals surface area (Å²) in [6.45, 7) is 0. The Kier molecular flexibility index (Phi) is 3.06. The number of aromatic nitrogens is 2. The minimum atomic E-state index is 0.834. The molecule has 0 aliphatic heterocycles. The SMILES string of the molecule is COc1ccc(-c2cc3oc4ccccc4c3c3nc4ccccc4n23)cc1. The lowest BCUT2D eigenvalue weighted by molar-refractivity contribution is 0.415. The first-order chi connectivity index (χ1) is 13.8. The smallest absolute Gasteiger partial charge is 0.150 e. The zero-order valence-electron chi connectivity index (χ0n) is 15.2. The number of hydrogen-bond donors (Lipinski definition) is 0. The predicted molar refractivity (Wildman–Crippen MR) is 112 cm³/mol. The second kappa shape index (κ2) is 5.60. The predicted octanol–water partition coefficient (Wildman–Crippen LogP) is 6.06. The first kappa shape index (κ1) is 15.3. The topological polar surface area (TPSA) is 39.7 Å². The van der Waals surface area contributed by atoms with E-state index in [1.807, 2.05) is 48.5 Å². The van der Waals surface area contributed by atoms with Gasteiger partial charge in [0.15, 0.2) is 0 Å². The van der Waals surface area contributed by atoms with E-state index in [1.54, 1.807) is 7.11 Å². The van der Waals surface area contributed by atoms with Gasteiger partial charge in [-0.15, -0.1) is 0 Å².